The Hall–Kier alpha value is -2.78. The SMILES string of the molecule is COc1cc(CNC(=O)c2ccc(S(=O)(=O)NC(C)(C)C)cc2)cc(OC)c1OC. The smallest absolute Gasteiger partial charge is 0.251 e. The van der Waals surface area contributed by atoms with Crippen molar-refractivity contribution in [1.82, 2.24) is 10.0 Å². The molecule has 2 aromatic rings. The van der Waals surface area contributed by atoms with Crippen LogP contribution in [-0.4, -0.2) is 41.2 Å². The number of methoxy groups -OCH3 is 3. The molecule has 0 unspecified atom stereocenters. The molecule has 0 aliphatic carbocycles. The second-order valence-corrected chi connectivity index (χ2v) is 9.28. The topological polar surface area (TPSA) is 103 Å². The van der Waals surface area contributed by atoms with Crippen LogP contribution in [0.1, 0.15) is 36.7 Å². The van der Waals surface area contributed by atoms with Gasteiger partial charge in [-0.25, -0.2) is 13.1 Å². The van der Waals surface area contributed by atoms with Crippen LogP contribution in [0.4, 0.5) is 0 Å². The Morgan fingerprint density at radius 1 is 0.933 bits per heavy atom. The molecule has 0 saturated heterocycles. The van der Waals surface area contributed by atoms with E-state index in [0.29, 0.717) is 22.8 Å². The molecule has 0 saturated carbocycles. The van der Waals surface area contributed by atoms with Crippen LogP contribution >= 0.6 is 0 Å². The van der Waals surface area contributed by atoms with Crippen molar-refractivity contribution in [1.29, 1.82) is 0 Å². The van der Waals surface area contributed by atoms with E-state index in [4.69, 9.17) is 14.2 Å². The van der Waals surface area contributed by atoms with Gasteiger partial charge in [0.25, 0.3) is 5.91 Å². The quantitative estimate of drug-likeness (QED) is 0.660. The fraction of sp³-hybridized carbons (Fsp3) is 0.381. The second kappa shape index (κ2) is 9.36. The van der Waals surface area contributed by atoms with Crippen LogP contribution in [0.25, 0.3) is 0 Å². The molecule has 0 atom stereocenters. The van der Waals surface area contributed by atoms with Gasteiger partial charge >= 0.3 is 0 Å². The summed E-state index contributed by atoms with van der Waals surface area (Å²) < 4.78 is 43.2. The lowest BCUT2D eigenvalue weighted by molar-refractivity contribution is 0.0950. The van der Waals surface area contributed by atoms with Gasteiger partial charge in [-0.05, 0) is 62.7 Å². The Bertz CT molecular complexity index is 970. The number of ether oxygens (including phenoxy) is 3. The summed E-state index contributed by atoms with van der Waals surface area (Å²) in [7, 11) is 0.893. The first-order valence-corrected chi connectivity index (χ1v) is 10.7. The summed E-state index contributed by atoms with van der Waals surface area (Å²) in [6, 6.07) is 9.25. The van der Waals surface area contributed by atoms with E-state index >= 15 is 0 Å². The Labute approximate surface area is 177 Å². The predicted molar refractivity (Wildman–Crippen MR) is 114 cm³/mol. The van der Waals surface area contributed by atoms with Crippen molar-refractivity contribution in [2.24, 2.45) is 0 Å². The van der Waals surface area contributed by atoms with Gasteiger partial charge in [0, 0.05) is 17.6 Å². The zero-order chi connectivity index (χ0) is 22.5. The molecule has 0 bridgehead atoms. The van der Waals surface area contributed by atoms with E-state index in [1.54, 1.807) is 32.9 Å². The third-order valence-electron chi connectivity index (χ3n) is 4.04. The highest BCUT2D eigenvalue weighted by molar-refractivity contribution is 7.89. The van der Waals surface area contributed by atoms with Crippen molar-refractivity contribution in [2.45, 2.75) is 37.8 Å². The van der Waals surface area contributed by atoms with Gasteiger partial charge in [0.2, 0.25) is 15.8 Å². The first kappa shape index (κ1) is 23.5. The van der Waals surface area contributed by atoms with Gasteiger partial charge in [-0.3, -0.25) is 4.79 Å². The van der Waals surface area contributed by atoms with Gasteiger partial charge in [0.1, 0.15) is 0 Å². The molecule has 0 aliphatic heterocycles. The third kappa shape index (κ3) is 5.87. The minimum Gasteiger partial charge on any atom is -0.493 e. The predicted octanol–water partition coefficient (Wildman–Crippen LogP) is 2.72. The lowest BCUT2D eigenvalue weighted by atomic mass is 10.1. The molecule has 0 aromatic heterocycles. The molecule has 8 nitrogen and oxygen atoms in total. The van der Waals surface area contributed by atoms with Crippen LogP contribution < -0.4 is 24.2 Å². The van der Waals surface area contributed by atoms with Gasteiger partial charge in [0.15, 0.2) is 11.5 Å². The van der Waals surface area contributed by atoms with Crippen molar-refractivity contribution in [3.8, 4) is 17.2 Å². The summed E-state index contributed by atoms with van der Waals surface area (Å²) in [5, 5.41) is 2.80. The number of nitrogens with one attached hydrogen (secondary N) is 2. The van der Waals surface area contributed by atoms with Crippen molar-refractivity contribution < 1.29 is 27.4 Å². The number of carbonyl (C=O) groups excluding carboxylic acids is 1. The van der Waals surface area contributed by atoms with Crippen LogP contribution in [0.15, 0.2) is 41.3 Å². The molecule has 0 radical (unpaired) electrons. The van der Waals surface area contributed by atoms with Crippen LogP contribution in [0.5, 0.6) is 17.2 Å². The van der Waals surface area contributed by atoms with Crippen molar-refractivity contribution >= 4 is 15.9 Å². The Morgan fingerprint density at radius 2 is 1.47 bits per heavy atom. The number of benzene rings is 2. The fourth-order valence-electron chi connectivity index (χ4n) is 2.77. The minimum absolute atomic E-state index is 0.0959. The maximum absolute atomic E-state index is 12.5. The normalized spacial score (nSPS) is 11.7. The van der Waals surface area contributed by atoms with Gasteiger partial charge in [-0.1, -0.05) is 0 Å². The van der Waals surface area contributed by atoms with E-state index in [9.17, 15) is 13.2 Å². The fourth-order valence-corrected chi connectivity index (χ4v) is 4.19. The molecule has 2 N–H and O–H groups in total. The average molecular weight is 437 g/mol. The first-order valence-electron chi connectivity index (χ1n) is 9.22. The molecule has 2 aromatic carbocycles. The van der Waals surface area contributed by atoms with E-state index in [2.05, 4.69) is 10.0 Å². The number of amides is 1. The van der Waals surface area contributed by atoms with E-state index in [1.165, 1.54) is 45.6 Å². The minimum atomic E-state index is -3.66. The van der Waals surface area contributed by atoms with Crippen LogP contribution in [-0.2, 0) is 16.6 Å². The summed E-state index contributed by atoms with van der Waals surface area (Å²) in [6.45, 7) is 5.50. The van der Waals surface area contributed by atoms with Gasteiger partial charge < -0.3 is 19.5 Å². The molecule has 164 valence electrons. The van der Waals surface area contributed by atoms with E-state index < -0.39 is 15.6 Å². The summed E-state index contributed by atoms with van der Waals surface area (Å²) in [4.78, 5) is 12.6. The Morgan fingerprint density at radius 3 is 1.90 bits per heavy atom. The zero-order valence-corrected chi connectivity index (χ0v) is 18.8. The van der Waals surface area contributed by atoms with E-state index in [0.717, 1.165) is 5.56 Å². The standard InChI is InChI=1S/C21H28N2O6S/c1-21(2,3)23-30(25,26)16-9-7-15(8-10-16)20(24)22-13-14-11-17(27-4)19(29-6)18(12-14)28-5/h7-12,23H,13H2,1-6H3,(H,22,24). The van der Waals surface area contributed by atoms with Gasteiger partial charge in [0.05, 0.1) is 26.2 Å². The molecule has 0 aliphatic rings. The van der Waals surface area contributed by atoms with Crippen LogP contribution in [0, 0.1) is 0 Å². The third-order valence-corrected chi connectivity index (χ3v) is 5.82. The highest BCUT2D eigenvalue weighted by Crippen LogP contribution is 2.38. The number of hydrogen-bond donors (Lipinski definition) is 2. The molecule has 2 rings (SSSR count). The Kier molecular flexibility index (Phi) is 7.33. The summed E-state index contributed by atoms with van der Waals surface area (Å²) in [5.41, 5.74) is 0.499. The highest BCUT2D eigenvalue weighted by Gasteiger charge is 2.22. The van der Waals surface area contributed by atoms with Gasteiger partial charge in [-0.2, -0.15) is 0 Å². The van der Waals surface area contributed by atoms with Crippen molar-refractivity contribution in [2.75, 3.05) is 21.3 Å². The summed E-state index contributed by atoms with van der Waals surface area (Å²) in [6.07, 6.45) is 0. The molecule has 1 amide bonds. The second-order valence-electron chi connectivity index (χ2n) is 7.60. The molecule has 9 heteroatoms. The number of carbonyl (C=O) groups is 1. The van der Waals surface area contributed by atoms with E-state index in [-0.39, 0.29) is 17.3 Å². The lowest BCUT2D eigenvalue weighted by Gasteiger charge is -2.20. The number of sulfonamides is 1. The largest absolute Gasteiger partial charge is 0.493 e. The average Bonchev–Trinajstić information content (AvgIpc) is 2.69. The van der Waals surface area contributed by atoms with Crippen molar-refractivity contribution in [3.63, 3.8) is 0 Å². The maximum Gasteiger partial charge on any atom is 0.251 e. The van der Waals surface area contributed by atoms with E-state index in [1.807, 2.05) is 0 Å². The van der Waals surface area contributed by atoms with Crippen molar-refractivity contribution in [3.05, 3.63) is 47.5 Å². The zero-order valence-electron chi connectivity index (χ0n) is 18.0. The molecule has 30 heavy (non-hydrogen) atoms. The number of rotatable bonds is 8. The molecular weight excluding hydrogens is 408 g/mol. The molecule has 0 fully saturated rings. The van der Waals surface area contributed by atoms with Crippen LogP contribution in [0.3, 0.4) is 0 Å². The summed E-state index contributed by atoms with van der Waals surface area (Å²) in [5.74, 6) is 1.11. The molecular formula is C21H28N2O6S. The van der Waals surface area contributed by atoms with Crippen LogP contribution in [0.2, 0.25) is 0 Å². The monoisotopic (exact) mass is 436 g/mol. The maximum atomic E-state index is 12.5. The first-order chi connectivity index (χ1) is 14.0. The lowest BCUT2D eigenvalue weighted by Crippen LogP contribution is -2.40. The van der Waals surface area contributed by atoms with Gasteiger partial charge in [-0.15, -0.1) is 0 Å². The number of hydrogen-bond acceptors (Lipinski definition) is 6. The highest BCUT2D eigenvalue weighted by atomic mass is 32.2. The summed E-state index contributed by atoms with van der Waals surface area (Å²) >= 11 is 0. The molecule has 0 spiro atoms. The Balaban J connectivity index is 2.12. The molecule has 0 heterocycles.